The third kappa shape index (κ3) is 3.93. The third-order valence-electron chi connectivity index (χ3n) is 7.41. The van der Waals surface area contributed by atoms with Crippen LogP contribution in [0.3, 0.4) is 0 Å². The summed E-state index contributed by atoms with van der Waals surface area (Å²) in [6.07, 6.45) is 4.80. The van der Waals surface area contributed by atoms with Gasteiger partial charge in [0.2, 0.25) is 0 Å². The molecule has 1 aliphatic rings. The zero-order valence-corrected chi connectivity index (χ0v) is 20.6. The molecule has 0 saturated heterocycles. The highest BCUT2D eigenvalue weighted by molar-refractivity contribution is 5.88. The summed E-state index contributed by atoms with van der Waals surface area (Å²) in [5.74, 6) is 0.742. The van der Waals surface area contributed by atoms with Crippen molar-refractivity contribution in [1.82, 2.24) is 14.5 Å². The molecule has 6 aromatic rings. The van der Waals surface area contributed by atoms with Crippen molar-refractivity contribution in [2.75, 3.05) is 0 Å². The van der Waals surface area contributed by atoms with Crippen LogP contribution in [0.4, 0.5) is 0 Å². The summed E-state index contributed by atoms with van der Waals surface area (Å²) in [6.45, 7) is 0. The minimum atomic E-state index is 0.742. The summed E-state index contributed by atoms with van der Waals surface area (Å²) >= 11 is 0. The first-order valence-corrected chi connectivity index (χ1v) is 13.1. The highest BCUT2D eigenvalue weighted by Crippen LogP contribution is 2.36. The van der Waals surface area contributed by atoms with Gasteiger partial charge in [0.1, 0.15) is 0 Å². The van der Waals surface area contributed by atoms with E-state index in [1.54, 1.807) is 0 Å². The fraction of sp³-hybridized carbons (Fsp3) is 0.118. The summed E-state index contributed by atoms with van der Waals surface area (Å²) < 4.78 is 2.48. The molecule has 2 aromatic heterocycles. The maximum Gasteiger partial charge on any atom is 0.160 e. The lowest BCUT2D eigenvalue weighted by Gasteiger charge is -2.17. The smallest absolute Gasteiger partial charge is 0.160 e. The molecular weight excluding hydrogens is 450 g/mol. The maximum absolute atomic E-state index is 5.05. The van der Waals surface area contributed by atoms with Crippen molar-refractivity contribution in [1.29, 1.82) is 0 Å². The van der Waals surface area contributed by atoms with Crippen molar-refractivity contribution in [3.8, 4) is 39.6 Å². The van der Waals surface area contributed by atoms with Crippen molar-refractivity contribution in [3.05, 3.63) is 127 Å². The van der Waals surface area contributed by atoms with Gasteiger partial charge in [-0.15, -0.1) is 0 Å². The summed E-state index contributed by atoms with van der Waals surface area (Å²) in [5, 5.41) is 1.39. The molecule has 0 amide bonds. The second kappa shape index (κ2) is 9.18. The fourth-order valence-corrected chi connectivity index (χ4v) is 5.66. The lowest BCUT2D eigenvalue weighted by molar-refractivity contribution is 0.667. The molecule has 1 aliphatic carbocycles. The molecule has 0 bridgehead atoms. The van der Waals surface area contributed by atoms with E-state index in [4.69, 9.17) is 9.97 Å². The molecule has 37 heavy (non-hydrogen) atoms. The molecule has 3 heteroatoms. The van der Waals surface area contributed by atoms with Crippen molar-refractivity contribution < 1.29 is 0 Å². The molecule has 0 N–H and O–H groups in total. The van der Waals surface area contributed by atoms with Gasteiger partial charge >= 0.3 is 0 Å². The Balaban J connectivity index is 1.41. The molecule has 0 atom stereocenters. The molecule has 3 nitrogen and oxygen atoms in total. The normalized spacial score (nSPS) is 13.0. The van der Waals surface area contributed by atoms with Gasteiger partial charge in [0, 0.05) is 33.5 Å². The van der Waals surface area contributed by atoms with Gasteiger partial charge in [-0.05, 0) is 55.5 Å². The van der Waals surface area contributed by atoms with Gasteiger partial charge < -0.3 is 4.57 Å². The van der Waals surface area contributed by atoms with E-state index in [-0.39, 0.29) is 0 Å². The number of benzene rings is 4. The van der Waals surface area contributed by atoms with Gasteiger partial charge in [-0.2, -0.15) is 0 Å². The van der Waals surface area contributed by atoms with Crippen LogP contribution in [0, 0.1) is 0 Å². The Morgan fingerprint density at radius 2 is 1.19 bits per heavy atom. The highest BCUT2D eigenvalue weighted by Gasteiger charge is 2.21. The zero-order chi connectivity index (χ0) is 24.6. The molecule has 0 spiro atoms. The molecule has 0 radical (unpaired) electrons. The quantitative estimate of drug-likeness (QED) is 0.256. The minimum absolute atomic E-state index is 0.742. The molecule has 2 heterocycles. The summed E-state index contributed by atoms with van der Waals surface area (Å²) in [4.78, 5) is 10.0. The van der Waals surface area contributed by atoms with Crippen LogP contribution < -0.4 is 0 Å². The Morgan fingerprint density at radius 3 is 2.00 bits per heavy atom. The monoisotopic (exact) mass is 477 g/mol. The van der Waals surface area contributed by atoms with Gasteiger partial charge in [-0.1, -0.05) is 91.0 Å². The van der Waals surface area contributed by atoms with Crippen LogP contribution in [0.25, 0.3) is 50.5 Å². The Kier molecular flexibility index (Phi) is 5.40. The van der Waals surface area contributed by atoms with E-state index in [2.05, 4.69) is 95.6 Å². The first-order valence-electron chi connectivity index (χ1n) is 13.1. The first kappa shape index (κ1) is 21.8. The van der Waals surface area contributed by atoms with E-state index < -0.39 is 0 Å². The minimum Gasteiger partial charge on any atom is -0.313 e. The molecule has 0 saturated carbocycles. The number of fused-ring (bicyclic) bond motifs is 3. The average molecular weight is 478 g/mol. The van der Waals surface area contributed by atoms with Crippen LogP contribution in [-0.4, -0.2) is 14.5 Å². The van der Waals surface area contributed by atoms with Crippen LogP contribution in [0.2, 0.25) is 0 Å². The number of rotatable bonds is 4. The van der Waals surface area contributed by atoms with E-state index in [0.717, 1.165) is 46.7 Å². The van der Waals surface area contributed by atoms with E-state index in [1.807, 2.05) is 24.3 Å². The zero-order valence-electron chi connectivity index (χ0n) is 20.6. The third-order valence-corrected chi connectivity index (χ3v) is 7.41. The maximum atomic E-state index is 5.05. The Hall–Kier alpha value is -4.50. The topological polar surface area (TPSA) is 30.7 Å². The van der Waals surface area contributed by atoms with Gasteiger partial charge in [-0.25, -0.2) is 9.97 Å². The second-order valence-electron chi connectivity index (χ2n) is 9.73. The predicted molar refractivity (Wildman–Crippen MR) is 152 cm³/mol. The predicted octanol–water partition coefficient (Wildman–Crippen LogP) is 8.30. The van der Waals surface area contributed by atoms with Crippen molar-refractivity contribution >= 4 is 10.9 Å². The number of aromatic nitrogens is 3. The van der Waals surface area contributed by atoms with Crippen LogP contribution in [-0.2, 0) is 12.8 Å². The number of para-hydroxylation sites is 1. The molecule has 0 unspecified atom stereocenters. The average Bonchev–Trinajstić information content (AvgIpc) is 3.32. The van der Waals surface area contributed by atoms with Crippen LogP contribution >= 0.6 is 0 Å². The molecule has 4 aromatic carbocycles. The van der Waals surface area contributed by atoms with E-state index in [1.165, 1.54) is 40.7 Å². The van der Waals surface area contributed by atoms with Gasteiger partial charge in [0.15, 0.2) is 5.82 Å². The number of nitrogens with zero attached hydrogens (tertiary/aromatic N) is 3. The van der Waals surface area contributed by atoms with E-state index in [0.29, 0.717) is 0 Å². The SMILES string of the molecule is c1ccc(-c2cc(-c3cccc(-n4c5c(c6ccccc64)CCCC5)c3)nc(-c3ccccc3)n2)cc1. The van der Waals surface area contributed by atoms with E-state index >= 15 is 0 Å². The number of hydrogen-bond donors (Lipinski definition) is 0. The lowest BCUT2D eigenvalue weighted by Crippen LogP contribution is -2.07. The second-order valence-corrected chi connectivity index (χ2v) is 9.73. The van der Waals surface area contributed by atoms with Crippen LogP contribution in [0.1, 0.15) is 24.1 Å². The molecule has 178 valence electrons. The fourth-order valence-electron chi connectivity index (χ4n) is 5.66. The van der Waals surface area contributed by atoms with Crippen molar-refractivity contribution in [3.63, 3.8) is 0 Å². The molecular formula is C34H27N3. The summed E-state index contributed by atoms with van der Waals surface area (Å²) in [6, 6.07) is 40.4. The van der Waals surface area contributed by atoms with Crippen molar-refractivity contribution in [2.24, 2.45) is 0 Å². The Labute approximate surface area is 217 Å². The van der Waals surface area contributed by atoms with Crippen LogP contribution in [0.15, 0.2) is 115 Å². The summed E-state index contributed by atoms with van der Waals surface area (Å²) in [7, 11) is 0. The molecule has 0 fully saturated rings. The van der Waals surface area contributed by atoms with E-state index in [9.17, 15) is 0 Å². The van der Waals surface area contributed by atoms with Gasteiger partial charge in [0.25, 0.3) is 0 Å². The van der Waals surface area contributed by atoms with Crippen molar-refractivity contribution in [2.45, 2.75) is 25.7 Å². The number of aryl methyl sites for hydroxylation is 1. The standard InChI is InChI=1S/C34H27N3/c1-3-12-24(13-4-1)30-23-31(36-34(35-30)25-14-5-2-6-15-25)26-16-11-17-27(22-26)37-32-20-9-7-18-28(32)29-19-8-10-21-33(29)37/h1-7,9,11-18,20,22-23H,8,10,19,21H2. The largest absolute Gasteiger partial charge is 0.313 e. The van der Waals surface area contributed by atoms with Gasteiger partial charge in [-0.3, -0.25) is 0 Å². The summed E-state index contributed by atoms with van der Waals surface area (Å²) in [5.41, 5.74) is 10.5. The first-order chi connectivity index (χ1) is 18.3. The Bertz CT molecular complexity index is 1660. The van der Waals surface area contributed by atoms with Gasteiger partial charge in [0.05, 0.1) is 16.9 Å². The Morgan fingerprint density at radius 1 is 0.541 bits per heavy atom. The molecule has 0 aliphatic heterocycles. The van der Waals surface area contributed by atoms with Crippen LogP contribution in [0.5, 0.6) is 0 Å². The highest BCUT2D eigenvalue weighted by atomic mass is 15.0. The number of hydrogen-bond acceptors (Lipinski definition) is 2. The molecule has 7 rings (SSSR count). The lowest BCUT2D eigenvalue weighted by atomic mass is 9.95.